The Morgan fingerprint density at radius 2 is 1.53 bits per heavy atom. The zero-order chi connectivity index (χ0) is 24.5. The molecule has 4 aromatic carbocycles. The minimum atomic E-state index is 0.0317. The SMILES string of the molecule is CCN1/C(=C2/SC(=Nc3ccc4ccccc4c3)N(CCc3ccccc3)C2=O)Sc2ccccc21. The van der Waals surface area contributed by atoms with Crippen molar-refractivity contribution in [2.24, 2.45) is 4.99 Å². The van der Waals surface area contributed by atoms with Crippen LogP contribution in [-0.2, 0) is 11.2 Å². The van der Waals surface area contributed by atoms with Crippen LogP contribution in [0.5, 0.6) is 0 Å². The second-order valence-corrected chi connectivity index (χ2v) is 10.7. The maximum absolute atomic E-state index is 13.9. The molecule has 36 heavy (non-hydrogen) atoms. The van der Waals surface area contributed by atoms with Crippen LogP contribution in [0.4, 0.5) is 11.4 Å². The molecule has 0 radical (unpaired) electrons. The van der Waals surface area contributed by atoms with Crippen molar-refractivity contribution in [3.8, 4) is 0 Å². The van der Waals surface area contributed by atoms with Gasteiger partial charge in [-0.15, -0.1) is 0 Å². The highest BCUT2D eigenvalue weighted by Gasteiger charge is 2.39. The topological polar surface area (TPSA) is 35.9 Å². The van der Waals surface area contributed by atoms with Crippen LogP contribution in [-0.4, -0.2) is 29.1 Å². The number of carbonyl (C=O) groups is 1. The van der Waals surface area contributed by atoms with Crippen molar-refractivity contribution in [3.05, 3.63) is 113 Å². The molecule has 1 amide bonds. The van der Waals surface area contributed by atoms with E-state index in [0.29, 0.717) is 6.54 Å². The van der Waals surface area contributed by atoms with Gasteiger partial charge in [0.25, 0.3) is 5.91 Å². The van der Waals surface area contributed by atoms with Crippen molar-refractivity contribution in [3.63, 3.8) is 0 Å². The average Bonchev–Trinajstić information content (AvgIpc) is 3.44. The molecule has 0 atom stereocenters. The van der Waals surface area contributed by atoms with Gasteiger partial charge in [0.2, 0.25) is 0 Å². The molecular formula is C30H25N3OS2. The van der Waals surface area contributed by atoms with Crippen LogP contribution in [0.25, 0.3) is 10.8 Å². The van der Waals surface area contributed by atoms with E-state index in [9.17, 15) is 4.79 Å². The Bertz CT molecular complexity index is 1510. The molecule has 6 heteroatoms. The first-order chi connectivity index (χ1) is 17.7. The van der Waals surface area contributed by atoms with E-state index >= 15 is 0 Å². The van der Waals surface area contributed by atoms with Crippen LogP contribution in [0.3, 0.4) is 0 Å². The van der Waals surface area contributed by atoms with Crippen LogP contribution in [0.2, 0.25) is 0 Å². The molecule has 4 nitrogen and oxygen atoms in total. The Labute approximate surface area is 219 Å². The number of rotatable bonds is 5. The fraction of sp³-hybridized carbons (Fsp3) is 0.133. The third-order valence-corrected chi connectivity index (χ3v) is 8.79. The first kappa shape index (κ1) is 23.0. The molecule has 0 spiro atoms. The molecule has 2 aliphatic heterocycles. The van der Waals surface area contributed by atoms with Gasteiger partial charge in [0.15, 0.2) is 5.17 Å². The molecule has 4 aromatic rings. The van der Waals surface area contributed by atoms with Crippen molar-refractivity contribution < 1.29 is 4.79 Å². The highest BCUT2D eigenvalue weighted by Crippen LogP contribution is 2.50. The Morgan fingerprint density at radius 1 is 0.778 bits per heavy atom. The lowest BCUT2D eigenvalue weighted by Crippen LogP contribution is -2.32. The molecule has 0 saturated carbocycles. The molecule has 0 unspecified atom stereocenters. The number of aliphatic imine (C=N–C) groups is 1. The summed E-state index contributed by atoms with van der Waals surface area (Å²) in [5.74, 6) is 0.0317. The third kappa shape index (κ3) is 4.31. The predicted molar refractivity (Wildman–Crippen MR) is 153 cm³/mol. The minimum Gasteiger partial charge on any atom is -0.334 e. The van der Waals surface area contributed by atoms with E-state index in [2.05, 4.69) is 72.5 Å². The number of benzene rings is 4. The second kappa shape index (κ2) is 9.88. The van der Waals surface area contributed by atoms with E-state index in [1.54, 1.807) is 11.8 Å². The molecule has 2 aliphatic rings. The van der Waals surface area contributed by atoms with Gasteiger partial charge in [-0.1, -0.05) is 84.6 Å². The van der Waals surface area contributed by atoms with Crippen LogP contribution < -0.4 is 4.90 Å². The lowest BCUT2D eigenvalue weighted by molar-refractivity contribution is -0.122. The van der Waals surface area contributed by atoms with Gasteiger partial charge in [-0.25, -0.2) is 4.99 Å². The maximum atomic E-state index is 13.9. The van der Waals surface area contributed by atoms with Gasteiger partial charge in [-0.2, -0.15) is 0 Å². The number of amides is 1. The summed E-state index contributed by atoms with van der Waals surface area (Å²) in [6.45, 7) is 3.52. The van der Waals surface area contributed by atoms with E-state index in [4.69, 9.17) is 4.99 Å². The smallest absolute Gasteiger partial charge is 0.269 e. The molecule has 6 rings (SSSR count). The number of anilines is 1. The summed E-state index contributed by atoms with van der Waals surface area (Å²) in [6.07, 6.45) is 0.775. The Balaban J connectivity index is 1.39. The number of fused-ring (bicyclic) bond motifs is 2. The van der Waals surface area contributed by atoms with E-state index in [0.717, 1.165) is 44.8 Å². The summed E-state index contributed by atoms with van der Waals surface area (Å²) in [5.41, 5.74) is 3.23. The van der Waals surface area contributed by atoms with Gasteiger partial charge in [0, 0.05) is 18.0 Å². The van der Waals surface area contributed by atoms with E-state index in [1.807, 2.05) is 41.3 Å². The lowest BCUT2D eigenvalue weighted by atomic mass is 10.1. The first-order valence-electron chi connectivity index (χ1n) is 12.1. The fourth-order valence-electron chi connectivity index (χ4n) is 4.58. The van der Waals surface area contributed by atoms with Crippen LogP contribution >= 0.6 is 23.5 Å². The first-order valence-corrected chi connectivity index (χ1v) is 13.7. The number of carbonyl (C=O) groups excluding carboxylic acids is 1. The second-order valence-electron chi connectivity index (χ2n) is 8.67. The molecule has 0 aromatic heterocycles. The monoisotopic (exact) mass is 507 g/mol. The Morgan fingerprint density at radius 3 is 2.36 bits per heavy atom. The van der Waals surface area contributed by atoms with Gasteiger partial charge < -0.3 is 4.90 Å². The summed E-state index contributed by atoms with van der Waals surface area (Å²) in [5, 5.41) is 4.06. The Hall–Kier alpha value is -3.48. The highest BCUT2D eigenvalue weighted by atomic mass is 32.2. The number of nitrogens with zero attached hydrogens (tertiary/aromatic N) is 3. The number of hydrogen-bond donors (Lipinski definition) is 0. The summed E-state index contributed by atoms with van der Waals surface area (Å²) in [4.78, 5) is 24.9. The summed E-state index contributed by atoms with van der Waals surface area (Å²) in [6, 6.07) is 33.1. The molecule has 1 fully saturated rings. The van der Waals surface area contributed by atoms with Crippen LogP contribution in [0, 0.1) is 0 Å². The molecule has 0 N–H and O–H groups in total. The van der Waals surface area contributed by atoms with Crippen molar-refractivity contribution in [1.29, 1.82) is 0 Å². The lowest BCUT2D eigenvalue weighted by Gasteiger charge is -2.19. The van der Waals surface area contributed by atoms with Gasteiger partial charge in [-0.3, -0.25) is 9.69 Å². The average molecular weight is 508 g/mol. The van der Waals surface area contributed by atoms with Gasteiger partial charge in [0.1, 0.15) is 9.93 Å². The largest absolute Gasteiger partial charge is 0.334 e. The van der Waals surface area contributed by atoms with Gasteiger partial charge >= 0.3 is 0 Å². The number of amidine groups is 1. The molecule has 0 bridgehead atoms. The van der Waals surface area contributed by atoms with E-state index < -0.39 is 0 Å². The quantitative estimate of drug-likeness (QED) is 0.263. The van der Waals surface area contributed by atoms with Crippen LogP contribution in [0.15, 0.2) is 117 Å². The van der Waals surface area contributed by atoms with Crippen LogP contribution in [0.1, 0.15) is 12.5 Å². The summed E-state index contributed by atoms with van der Waals surface area (Å²) >= 11 is 3.17. The van der Waals surface area contributed by atoms with E-state index in [-0.39, 0.29) is 5.91 Å². The number of hydrogen-bond acceptors (Lipinski definition) is 5. The summed E-state index contributed by atoms with van der Waals surface area (Å²) in [7, 11) is 0. The molecule has 178 valence electrons. The fourth-order valence-corrected chi connectivity index (χ4v) is 6.99. The molecular weight excluding hydrogens is 482 g/mol. The highest BCUT2D eigenvalue weighted by molar-refractivity contribution is 8.19. The Kier molecular flexibility index (Phi) is 6.30. The van der Waals surface area contributed by atoms with Gasteiger partial charge in [-0.05, 0) is 65.7 Å². The summed E-state index contributed by atoms with van der Waals surface area (Å²) < 4.78 is 0. The third-order valence-electron chi connectivity index (χ3n) is 6.41. The van der Waals surface area contributed by atoms with Gasteiger partial charge in [0.05, 0.1) is 11.4 Å². The zero-order valence-corrected chi connectivity index (χ0v) is 21.6. The number of thioether (sulfide) groups is 2. The number of para-hydroxylation sites is 1. The van der Waals surface area contributed by atoms with Crippen molar-refractivity contribution in [1.82, 2.24) is 4.90 Å². The predicted octanol–water partition coefficient (Wildman–Crippen LogP) is 7.45. The standard InChI is InChI=1S/C30H25N3OS2/c1-2-32-25-14-8-9-15-26(25)35-29(32)27-28(34)33(19-18-21-10-4-3-5-11-21)30(36-27)31-24-17-16-22-12-6-7-13-23(22)20-24/h3-17,20H,2,18-19H2,1H3/b29-27-,31-30?. The van der Waals surface area contributed by atoms with Crippen molar-refractivity contribution in [2.75, 3.05) is 18.0 Å². The zero-order valence-electron chi connectivity index (χ0n) is 19.9. The molecule has 1 saturated heterocycles. The van der Waals surface area contributed by atoms with Crippen molar-refractivity contribution >= 4 is 56.7 Å². The van der Waals surface area contributed by atoms with E-state index in [1.165, 1.54) is 27.6 Å². The van der Waals surface area contributed by atoms with Crippen molar-refractivity contribution in [2.45, 2.75) is 18.2 Å². The minimum absolute atomic E-state index is 0.0317. The maximum Gasteiger partial charge on any atom is 0.269 e. The normalized spacial score (nSPS) is 18.5. The molecule has 0 aliphatic carbocycles. The molecule has 2 heterocycles.